The lowest BCUT2D eigenvalue weighted by molar-refractivity contribution is 0.0929. The molecular weight excluding hydrogens is 326 g/mol. The molecule has 7 nitrogen and oxygen atoms in total. The number of nitrogens with one attached hydrogen (secondary N) is 1. The summed E-state index contributed by atoms with van der Waals surface area (Å²) in [5.74, 6) is -0.207. The zero-order valence-corrected chi connectivity index (χ0v) is 14.3. The zero-order chi connectivity index (χ0) is 16.4. The number of amides is 1. The Bertz CT molecular complexity index is 696. The summed E-state index contributed by atoms with van der Waals surface area (Å²) in [6.45, 7) is 1.92. The lowest BCUT2D eigenvalue weighted by Crippen LogP contribution is -2.23. The van der Waals surface area contributed by atoms with Gasteiger partial charge in [-0.3, -0.25) is 4.79 Å². The Morgan fingerprint density at radius 3 is 3.12 bits per heavy atom. The van der Waals surface area contributed by atoms with Gasteiger partial charge in [0.25, 0.3) is 5.91 Å². The Labute approximate surface area is 144 Å². The molecule has 3 heterocycles. The predicted molar refractivity (Wildman–Crippen MR) is 88.9 cm³/mol. The van der Waals surface area contributed by atoms with Crippen LogP contribution in [-0.4, -0.2) is 38.6 Å². The molecule has 0 saturated carbocycles. The number of ether oxygens (including phenoxy) is 1. The molecule has 8 heteroatoms. The molecule has 4 rings (SSSR count). The van der Waals surface area contributed by atoms with Crippen molar-refractivity contribution in [3.8, 4) is 0 Å². The van der Waals surface area contributed by atoms with Gasteiger partial charge >= 0.3 is 0 Å². The SMILES string of the molecule is O=C(NCc1nc2c(s1)CCCC2)c1cn(CC2CCCO2)nn1. The van der Waals surface area contributed by atoms with Gasteiger partial charge in [0.15, 0.2) is 5.69 Å². The first-order valence-electron chi connectivity index (χ1n) is 8.55. The van der Waals surface area contributed by atoms with Crippen LogP contribution in [0.5, 0.6) is 0 Å². The highest BCUT2D eigenvalue weighted by atomic mass is 32.1. The molecule has 128 valence electrons. The Morgan fingerprint density at radius 2 is 2.29 bits per heavy atom. The van der Waals surface area contributed by atoms with Crippen LogP contribution >= 0.6 is 11.3 Å². The number of nitrogens with zero attached hydrogens (tertiary/aromatic N) is 4. The summed E-state index contributed by atoms with van der Waals surface area (Å²) in [6.07, 6.45) is 8.65. The van der Waals surface area contributed by atoms with Crippen molar-refractivity contribution < 1.29 is 9.53 Å². The van der Waals surface area contributed by atoms with Crippen LogP contribution in [0.4, 0.5) is 0 Å². The van der Waals surface area contributed by atoms with Gasteiger partial charge in [-0.15, -0.1) is 16.4 Å². The highest BCUT2D eigenvalue weighted by molar-refractivity contribution is 7.11. The van der Waals surface area contributed by atoms with Gasteiger partial charge in [-0.2, -0.15) is 0 Å². The van der Waals surface area contributed by atoms with E-state index in [4.69, 9.17) is 4.74 Å². The van der Waals surface area contributed by atoms with E-state index in [1.54, 1.807) is 22.2 Å². The molecule has 1 aliphatic heterocycles. The van der Waals surface area contributed by atoms with E-state index in [9.17, 15) is 4.79 Å². The number of hydrogen-bond acceptors (Lipinski definition) is 6. The minimum atomic E-state index is -0.207. The minimum absolute atomic E-state index is 0.184. The van der Waals surface area contributed by atoms with E-state index in [1.807, 2.05) is 0 Å². The molecule has 0 aromatic carbocycles. The van der Waals surface area contributed by atoms with Crippen LogP contribution in [0.3, 0.4) is 0 Å². The van der Waals surface area contributed by atoms with E-state index in [2.05, 4.69) is 20.6 Å². The van der Waals surface area contributed by atoms with Gasteiger partial charge < -0.3 is 10.1 Å². The number of hydrogen-bond donors (Lipinski definition) is 1. The van der Waals surface area contributed by atoms with Gasteiger partial charge in [-0.05, 0) is 38.5 Å². The Balaban J connectivity index is 1.32. The summed E-state index contributed by atoms with van der Waals surface area (Å²) >= 11 is 1.72. The molecule has 1 unspecified atom stereocenters. The molecule has 1 atom stereocenters. The lowest BCUT2D eigenvalue weighted by Gasteiger charge is -2.07. The van der Waals surface area contributed by atoms with Gasteiger partial charge in [-0.25, -0.2) is 9.67 Å². The van der Waals surface area contributed by atoms with Crippen molar-refractivity contribution in [1.82, 2.24) is 25.3 Å². The highest BCUT2D eigenvalue weighted by Gasteiger charge is 2.19. The van der Waals surface area contributed by atoms with Gasteiger partial charge in [0.05, 0.1) is 31.1 Å². The van der Waals surface area contributed by atoms with Gasteiger partial charge in [-0.1, -0.05) is 5.21 Å². The largest absolute Gasteiger partial charge is 0.376 e. The summed E-state index contributed by atoms with van der Waals surface area (Å²) in [5.41, 5.74) is 1.56. The van der Waals surface area contributed by atoms with Crippen molar-refractivity contribution in [2.45, 2.75) is 57.7 Å². The molecule has 2 aromatic rings. The Morgan fingerprint density at radius 1 is 1.38 bits per heavy atom. The average molecular weight is 347 g/mol. The average Bonchev–Trinajstić information content (AvgIpc) is 3.33. The molecule has 0 bridgehead atoms. The van der Waals surface area contributed by atoms with E-state index in [0.717, 1.165) is 37.3 Å². The molecule has 0 radical (unpaired) electrons. The van der Waals surface area contributed by atoms with Gasteiger partial charge in [0.1, 0.15) is 5.01 Å². The number of rotatable bonds is 5. The van der Waals surface area contributed by atoms with E-state index in [1.165, 1.54) is 23.4 Å². The van der Waals surface area contributed by atoms with Crippen LogP contribution in [0.2, 0.25) is 0 Å². The molecule has 1 N–H and O–H groups in total. The zero-order valence-electron chi connectivity index (χ0n) is 13.5. The molecule has 2 aromatic heterocycles. The van der Waals surface area contributed by atoms with Crippen molar-refractivity contribution >= 4 is 17.2 Å². The normalized spacial score (nSPS) is 20.1. The number of carbonyl (C=O) groups is 1. The summed E-state index contributed by atoms with van der Waals surface area (Å²) < 4.78 is 7.26. The smallest absolute Gasteiger partial charge is 0.273 e. The third-order valence-electron chi connectivity index (χ3n) is 4.48. The number of aryl methyl sites for hydroxylation is 2. The monoisotopic (exact) mass is 347 g/mol. The Kier molecular flexibility index (Phi) is 4.57. The number of aromatic nitrogens is 4. The maximum Gasteiger partial charge on any atom is 0.273 e. The van der Waals surface area contributed by atoms with E-state index >= 15 is 0 Å². The fourth-order valence-electron chi connectivity index (χ4n) is 3.22. The van der Waals surface area contributed by atoms with E-state index in [0.29, 0.717) is 18.8 Å². The molecular formula is C16H21N5O2S. The van der Waals surface area contributed by atoms with Crippen LogP contribution in [0, 0.1) is 0 Å². The second kappa shape index (κ2) is 6.98. The topological polar surface area (TPSA) is 81.9 Å². The molecule has 0 spiro atoms. The van der Waals surface area contributed by atoms with Crippen molar-refractivity contribution in [2.24, 2.45) is 0 Å². The number of carbonyl (C=O) groups excluding carboxylic acids is 1. The van der Waals surface area contributed by atoms with Crippen LogP contribution in [0.1, 0.15) is 51.8 Å². The molecule has 24 heavy (non-hydrogen) atoms. The lowest BCUT2D eigenvalue weighted by atomic mass is 10.0. The number of fused-ring (bicyclic) bond motifs is 1. The summed E-state index contributed by atoms with van der Waals surface area (Å²) in [5, 5.41) is 11.9. The van der Waals surface area contributed by atoms with Crippen molar-refractivity contribution in [3.05, 3.63) is 27.5 Å². The van der Waals surface area contributed by atoms with Crippen LogP contribution in [-0.2, 0) is 30.7 Å². The quantitative estimate of drug-likeness (QED) is 0.891. The maximum absolute atomic E-state index is 12.2. The van der Waals surface area contributed by atoms with E-state index < -0.39 is 0 Å². The predicted octanol–water partition coefficient (Wildman–Crippen LogP) is 1.72. The summed E-state index contributed by atoms with van der Waals surface area (Å²) in [7, 11) is 0. The Hall–Kier alpha value is -1.80. The summed E-state index contributed by atoms with van der Waals surface area (Å²) in [6, 6.07) is 0. The van der Waals surface area contributed by atoms with Crippen molar-refractivity contribution in [3.63, 3.8) is 0 Å². The standard InChI is InChI=1S/C16H21N5O2S/c22-16(13-10-21(20-19-13)9-11-4-3-7-23-11)17-8-15-18-12-5-1-2-6-14(12)24-15/h10-11H,1-9H2,(H,17,22). The second-order valence-electron chi connectivity index (χ2n) is 6.33. The first-order valence-corrected chi connectivity index (χ1v) is 9.37. The first kappa shape index (κ1) is 15.7. The van der Waals surface area contributed by atoms with Crippen LogP contribution < -0.4 is 5.32 Å². The molecule has 1 amide bonds. The fraction of sp³-hybridized carbons (Fsp3) is 0.625. The first-order chi connectivity index (χ1) is 11.8. The highest BCUT2D eigenvalue weighted by Crippen LogP contribution is 2.26. The van der Waals surface area contributed by atoms with Crippen molar-refractivity contribution in [1.29, 1.82) is 0 Å². The summed E-state index contributed by atoms with van der Waals surface area (Å²) in [4.78, 5) is 18.2. The second-order valence-corrected chi connectivity index (χ2v) is 7.50. The third kappa shape index (κ3) is 3.49. The number of thiazole rings is 1. The fourth-order valence-corrected chi connectivity index (χ4v) is 4.31. The third-order valence-corrected chi connectivity index (χ3v) is 5.63. The van der Waals surface area contributed by atoms with Gasteiger partial charge in [0.2, 0.25) is 0 Å². The van der Waals surface area contributed by atoms with Crippen LogP contribution in [0.25, 0.3) is 0 Å². The molecule has 2 aliphatic rings. The minimum Gasteiger partial charge on any atom is -0.376 e. The van der Waals surface area contributed by atoms with Gasteiger partial charge in [0, 0.05) is 11.5 Å². The van der Waals surface area contributed by atoms with E-state index in [-0.39, 0.29) is 12.0 Å². The molecule has 1 saturated heterocycles. The molecule has 1 fully saturated rings. The maximum atomic E-state index is 12.2. The van der Waals surface area contributed by atoms with Crippen LogP contribution in [0.15, 0.2) is 6.20 Å². The van der Waals surface area contributed by atoms with Crippen molar-refractivity contribution in [2.75, 3.05) is 6.61 Å². The molecule has 1 aliphatic carbocycles.